The van der Waals surface area contributed by atoms with E-state index in [0.717, 1.165) is 35.9 Å². The molecule has 1 aliphatic heterocycles. The average Bonchev–Trinajstić information content (AvgIpc) is 2.97. The fraction of sp³-hybridized carbons (Fsp3) is 0.400. The second kappa shape index (κ2) is 5.55. The van der Waals surface area contributed by atoms with Crippen LogP contribution in [0.25, 0.3) is 10.9 Å². The van der Waals surface area contributed by atoms with E-state index in [1.807, 2.05) is 30.3 Å². The summed E-state index contributed by atoms with van der Waals surface area (Å²) in [7, 11) is 0. The first-order valence-electron chi connectivity index (χ1n) is 6.70. The minimum atomic E-state index is 0.203. The smallest absolute Gasteiger partial charge is 0.214 e. The van der Waals surface area contributed by atoms with Crippen molar-refractivity contribution in [2.24, 2.45) is 5.73 Å². The summed E-state index contributed by atoms with van der Waals surface area (Å²) in [5, 5.41) is 1.09. The Hall–Kier alpha value is -1.65. The van der Waals surface area contributed by atoms with Crippen LogP contribution in [0.4, 0.5) is 0 Å². The van der Waals surface area contributed by atoms with Gasteiger partial charge in [-0.25, -0.2) is 4.98 Å². The molecule has 0 amide bonds. The molecule has 1 aliphatic rings. The molecule has 2 N–H and O–H groups in total. The Morgan fingerprint density at radius 3 is 3.05 bits per heavy atom. The summed E-state index contributed by atoms with van der Waals surface area (Å²) in [5.41, 5.74) is 7.78. The molecule has 1 aromatic carbocycles. The monoisotopic (exact) mass is 258 g/mol. The van der Waals surface area contributed by atoms with Crippen molar-refractivity contribution in [3.8, 4) is 5.88 Å². The maximum Gasteiger partial charge on any atom is 0.214 e. The molecule has 2 heterocycles. The molecular formula is C15H18N2O2. The number of fused-ring (bicyclic) bond motifs is 1. The van der Waals surface area contributed by atoms with Gasteiger partial charge in [-0.1, -0.05) is 18.2 Å². The van der Waals surface area contributed by atoms with Crippen molar-refractivity contribution in [2.45, 2.75) is 25.5 Å². The van der Waals surface area contributed by atoms with Gasteiger partial charge in [0.15, 0.2) is 0 Å². The first kappa shape index (κ1) is 12.4. The lowest BCUT2D eigenvalue weighted by molar-refractivity contribution is 0.0664. The Morgan fingerprint density at radius 2 is 2.26 bits per heavy atom. The van der Waals surface area contributed by atoms with Crippen LogP contribution in [0.2, 0.25) is 0 Å². The van der Waals surface area contributed by atoms with Crippen molar-refractivity contribution < 1.29 is 9.47 Å². The zero-order chi connectivity index (χ0) is 13.1. The average molecular weight is 258 g/mol. The zero-order valence-electron chi connectivity index (χ0n) is 10.8. The number of ether oxygens (including phenoxy) is 2. The highest BCUT2D eigenvalue weighted by Gasteiger charge is 2.16. The van der Waals surface area contributed by atoms with Crippen LogP contribution < -0.4 is 10.5 Å². The molecule has 0 saturated carbocycles. The Kier molecular flexibility index (Phi) is 3.62. The number of aromatic nitrogens is 1. The molecule has 2 aromatic rings. The summed E-state index contributed by atoms with van der Waals surface area (Å²) in [4.78, 5) is 4.51. The minimum Gasteiger partial charge on any atom is -0.475 e. The van der Waals surface area contributed by atoms with Gasteiger partial charge in [0.1, 0.15) is 6.61 Å². The van der Waals surface area contributed by atoms with Crippen molar-refractivity contribution in [3.05, 3.63) is 35.9 Å². The fourth-order valence-corrected chi connectivity index (χ4v) is 2.42. The van der Waals surface area contributed by atoms with Gasteiger partial charge in [0.2, 0.25) is 5.88 Å². The number of hydrogen-bond donors (Lipinski definition) is 1. The van der Waals surface area contributed by atoms with E-state index in [1.165, 1.54) is 0 Å². The standard InChI is InChI=1S/C15H18N2O2/c16-9-11-8-15(19-10-12-4-3-7-18-12)17-14-6-2-1-5-13(11)14/h1-2,5-6,8,12H,3-4,7,9-10,16H2. The van der Waals surface area contributed by atoms with Crippen molar-refractivity contribution in [2.75, 3.05) is 13.2 Å². The van der Waals surface area contributed by atoms with Gasteiger partial charge in [-0.15, -0.1) is 0 Å². The summed E-state index contributed by atoms with van der Waals surface area (Å²) < 4.78 is 11.3. The molecule has 1 unspecified atom stereocenters. The predicted molar refractivity (Wildman–Crippen MR) is 74.1 cm³/mol. The summed E-state index contributed by atoms with van der Waals surface area (Å²) in [6.07, 6.45) is 2.39. The van der Waals surface area contributed by atoms with Crippen LogP contribution in [-0.4, -0.2) is 24.3 Å². The first-order chi connectivity index (χ1) is 9.36. The van der Waals surface area contributed by atoms with E-state index in [1.54, 1.807) is 0 Å². The predicted octanol–water partition coefficient (Wildman–Crippen LogP) is 2.25. The Bertz CT molecular complexity index is 565. The molecule has 1 atom stereocenters. The summed E-state index contributed by atoms with van der Waals surface area (Å²) in [5.74, 6) is 0.634. The number of nitrogens with zero attached hydrogens (tertiary/aromatic N) is 1. The lowest BCUT2D eigenvalue weighted by Crippen LogP contribution is -2.17. The molecule has 1 aromatic heterocycles. The third kappa shape index (κ3) is 2.69. The van der Waals surface area contributed by atoms with Gasteiger partial charge >= 0.3 is 0 Å². The maximum absolute atomic E-state index is 5.80. The van der Waals surface area contributed by atoms with Gasteiger partial charge < -0.3 is 15.2 Å². The van der Waals surface area contributed by atoms with Crippen LogP contribution in [0, 0.1) is 0 Å². The molecular weight excluding hydrogens is 240 g/mol. The van der Waals surface area contributed by atoms with Gasteiger partial charge in [-0.05, 0) is 24.5 Å². The van der Waals surface area contributed by atoms with E-state index in [9.17, 15) is 0 Å². The molecule has 0 spiro atoms. The largest absolute Gasteiger partial charge is 0.475 e. The third-order valence-electron chi connectivity index (χ3n) is 3.44. The Balaban J connectivity index is 1.82. The fourth-order valence-electron chi connectivity index (χ4n) is 2.42. The topological polar surface area (TPSA) is 57.4 Å². The second-order valence-electron chi connectivity index (χ2n) is 4.79. The van der Waals surface area contributed by atoms with Gasteiger partial charge in [0.25, 0.3) is 0 Å². The Morgan fingerprint density at radius 1 is 1.37 bits per heavy atom. The Labute approximate surface area is 112 Å². The van der Waals surface area contributed by atoms with Crippen LogP contribution >= 0.6 is 0 Å². The van der Waals surface area contributed by atoms with Crippen molar-refractivity contribution in [1.29, 1.82) is 0 Å². The zero-order valence-corrected chi connectivity index (χ0v) is 10.8. The molecule has 3 rings (SSSR count). The van der Waals surface area contributed by atoms with Crippen LogP contribution in [0.15, 0.2) is 30.3 Å². The molecule has 1 fully saturated rings. The van der Waals surface area contributed by atoms with Crippen LogP contribution in [-0.2, 0) is 11.3 Å². The van der Waals surface area contributed by atoms with Crippen molar-refractivity contribution >= 4 is 10.9 Å². The van der Waals surface area contributed by atoms with E-state index < -0.39 is 0 Å². The van der Waals surface area contributed by atoms with Crippen LogP contribution in [0.5, 0.6) is 5.88 Å². The lowest BCUT2D eigenvalue weighted by atomic mass is 10.1. The van der Waals surface area contributed by atoms with Gasteiger partial charge in [0, 0.05) is 24.6 Å². The summed E-state index contributed by atoms with van der Waals surface area (Å²) in [6, 6.07) is 9.91. The highest BCUT2D eigenvalue weighted by atomic mass is 16.5. The summed E-state index contributed by atoms with van der Waals surface area (Å²) >= 11 is 0. The molecule has 100 valence electrons. The van der Waals surface area contributed by atoms with E-state index >= 15 is 0 Å². The van der Waals surface area contributed by atoms with E-state index in [0.29, 0.717) is 19.0 Å². The maximum atomic E-state index is 5.80. The molecule has 0 bridgehead atoms. The normalized spacial score (nSPS) is 18.9. The number of benzene rings is 1. The molecule has 1 saturated heterocycles. The lowest BCUT2D eigenvalue weighted by Gasteiger charge is -2.12. The number of pyridine rings is 1. The highest BCUT2D eigenvalue weighted by molar-refractivity contribution is 5.82. The quantitative estimate of drug-likeness (QED) is 0.913. The first-order valence-corrected chi connectivity index (χ1v) is 6.70. The van der Waals surface area contributed by atoms with Gasteiger partial charge in [-0.2, -0.15) is 0 Å². The number of nitrogens with two attached hydrogens (primary N) is 1. The minimum absolute atomic E-state index is 0.203. The van der Waals surface area contributed by atoms with Crippen LogP contribution in [0.1, 0.15) is 18.4 Å². The molecule has 0 radical (unpaired) electrons. The molecule has 4 heteroatoms. The van der Waals surface area contributed by atoms with E-state index in [2.05, 4.69) is 4.98 Å². The highest BCUT2D eigenvalue weighted by Crippen LogP contribution is 2.22. The van der Waals surface area contributed by atoms with E-state index in [-0.39, 0.29) is 6.10 Å². The number of para-hydroxylation sites is 1. The van der Waals surface area contributed by atoms with Crippen molar-refractivity contribution in [3.63, 3.8) is 0 Å². The van der Waals surface area contributed by atoms with Gasteiger partial charge in [0.05, 0.1) is 11.6 Å². The third-order valence-corrected chi connectivity index (χ3v) is 3.44. The second-order valence-corrected chi connectivity index (χ2v) is 4.79. The van der Waals surface area contributed by atoms with Crippen molar-refractivity contribution in [1.82, 2.24) is 4.98 Å². The molecule has 19 heavy (non-hydrogen) atoms. The van der Waals surface area contributed by atoms with Crippen LogP contribution in [0.3, 0.4) is 0 Å². The van der Waals surface area contributed by atoms with Gasteiger partial charge in [-0.3, -0.25) is 0 Å². The molecule has 0 aliphatic carbocycles. The SMILES string of the molecule is NCc1cc(OCC2CCCO2)nc2ccccc12. The summed E-state index contributed by atoms with van der Waals surface area (Å²) in [6.45, 7) is 1.89. The number of hydrogen-bond acceptors (Lipinski definition) is 4. The van der Waals surface area contributed by atoms with E-state index in [4.69, 9.17) is 15.2 Å². The number of rotatable bonds is 4. The molecule has 4 nitrogen and oxygen atoms in total.